The third-order valence-electron chi connectivity index (χ3n) is 7.30. The van der Waals surface area contributed by atoms with Crippen LogP contribution in [0, 0.1) is 0 Å². The molecular weight excluding hydrogens is 718 g/mol. The first-order chi connectivity index (χ1) is 27.2. The summed E-state index contributed by atoms with van der Waals surface area (Å²) in [6.07, 6.45) is 3.03. The molecule has 2 aromatic carbocycles. The molecule has 0 bridgehead atoms. The predicted octanol–water partition coefficient (Wildman–Crippen LogP) is 4.11. The number of carbonyl (C=O) groups excluding carboxylic acids is 2. The number of rotatable bonds is 40. The second-order valence-electron chi connectivity index (χ2n) is 11.7. The van der Waals surface area contributed by atoms with Crippen molar-refractivity contribution in [2.45, 2.75) is 19.8 Å². The third-order valence-corrected chi connectivity index (χ3v) is 7.30. The Morgan fingerprint density at radius 2 is 0.855 bits per heavy atom. The van der Waals surface area contributed by atoms with E-state index in [1.165, 1.54) is 0 Å². The summed E-state index contributed by atoms with van der Waals surface area (Å²) in [6.45, 7) is 12.9. The van der Waals surface area contributed by atoms with Gasteiger partial charge in [-0.2, -0.15) is 0 Å². The largest absolute Gasteiger partial charge is 0.491 e. The van der Waals surface area contributed by atoms with Crippen molar-refractivity contribution >= 4 is 17.9 Å². The van der Waals surface area contributed by atoms with Gasteiger partial charge in [0.05, 0.1) is 138 Å². The maximum atomic E-state index is 12.1. The maximum absolute atomic E-state index is 12.1. The van der Waals surface area contributed by atoms with E-state index in [1.807, 2.05) is 12.1 Å². The molecule has 2 rings (SSSR count). The van der Waals surface area contributed by atoms with E-state index in [1.54, 1.807) is 36.4 Å². The molecule has 1 N–H and O–H groups in total. The van der Waals surface area contributed by atoms with Crippen LogP contribution in [0.4, 0.5) is 5.69 Å². The van der Waals surface area contributed by atoms with Crippen molar-refractivity contribution in [2.24, 2.45) is 0 Å². The van der Waals surface area contributed by atoms with Crippen LogP contribution in [0.1, 0.15) is 40.5 Å². The van der Waals surface area contributed by atoms with Gasteiger partial charge in [-0.1, -0.05) is 13.3 Å². The first-order valence-corrected chi connectivity index (χ1v) is 19.2. The molecule has 0 aliphatic carbocycles. The lowest BCUT2D eigenvalue weighted by atomic mass is 10.2. The summed E-state index contributed by atoms with van der Waals surface area (Å²) in [5.74, 6) is 0.334. The summed E-state index contributed by atoms with van der Waals surface area (Å²) in [5.41, 5.74) is 2.12. The van der Waals surface area contributed by atoms with Gasteiger partial charge in [0, 0.05) is 17.8 Å². The number of unbranched alkanes of at least 4 members (excludes halogenated alkanes) is 1. The SMILES string of the molecule is CCCCNc1ccc(C(=O)OCCOCCOCCOCCOCCOCCOCCOCCOCCOCCOCCOc2ccc(C=O)cc2)cc1. The number of carbonyl (C=O) groups is 2. The average molecular weight is 782 g/mol. The molecular formula is C40H63NO14. The van der Waals surface area contributed by atoms with Crippen LogP contribution < -0.4 is 10.1 Å². The summed E-state index contributed by atoms with van der Waals surface area (Å²) in [6, 6.07) is 14.2. The monoisotopic (exact) mass is 781 g/mol. The molecule has 0 heterocycles. The van der Waals surface area contributed by atoms with Gasteiger partial charge in [-0.15, -0.1) is 0 Å². The smallest absolute Gasteiger partial charge is 0.338 e. The molecule has 15 heteroatoms. The molecule has 0 radical (unpaired) electrons. The van der Waals surface area contributed by atoms with Gasteiger partial charge in [0.2, 0.25) is 0 Å². The lowest BCUT2D eigenvalue weighted by molar-refractivity contribution is -0.0273. The first kappa shape index (κ1) is 47.9. The fourth-order valence-corrected chi connectivity index (χ4v) is 4.35. The Balaban J connectivity index is 1.17. The van der Waals surface area contributed by atoms with Crippen molar-refractivity contribution in [3.05, 3.63) is 59.7 Å². The zero-order chi connectivity index (χ0) is 39.1. The number of nitrogens with one attached hydrogen (secondary N) is 1. The Morgan fingerprint density at radius 3 is 1.22 bits per heavy atom. The van der Waals surface area contributed by atoms with Crippen molar-refractivity contribution in [1.29, 1.82) is 0 Å². The molecule has 15 nitrogen and oxygen atoms in total. The summed E-state index contributed by atoms with van der Waals surface area (Å²) in [5, 5.41) is 3.32. The lowest BCUT2D eigenvalue weighted by Gasteiger charge is -2.09. The second-order valence-corrected chi connectivity index (χ2v) is 11.7. The fraction of sp³-hybridized carbons (Fsp3) is 0.650. The molecule has 0 unspecified atom stereocenters. The number of hydrogen-bond donors (Lipinski definition) is 1. The summed E-state index contributed by atoms with van der Waals surface area (Å²) < 4.78 is 65.6. The van der Waals surface area contributed by atoms with E-state index in [0.29, 0.717) is 156 Å². The van der Waals surface area contributed by atoms with Crippen molar-refractivity contribution in [3.63, 3.8) is 0 Å². The lowest BCUT2D eigenvalue weighted by Crippen LogP contribution is -2.16. The van der Waals surface area contributed by atoms with Crippen LogP contribution in [-0.4, -0.2) is 164 Å². The van der Waals surface area contributed by atoms with Crippen LogP contribution in [-0.2, 0) is 52.1 Å². The molecule has 312 valence electrons. The number of esters is 1. The van der Waals surface area contributed by atoms with E-state index >= 15 is 0 Å². The standard InChI is InChI=1S/C40H63NO14/c1-2-3-12-41-38-8-6-37(7-9-38)40(43)55-34-32-53-30-28-51-26-24-49-22-20-47-18-16-45-14-13-44-15-17-46-19-21-48-23-25-50-27-29-52-31-33-54-39-10-4-36(35-42)5-11-39/h4-11,35,41H,2-3,12-34H2,1H3. The minimum absolute atomic E-state index is 0.185. The zero-order valence-electron chi connectivity index (χ0n) is 32.6. The summed E-state index contributed by atoms with van der Waals surface area (Å²) >= 11 is 0. The number of aldehydes is 1. The van der Waals surface area contributed by atoms with Gasteiger partial charge in [0.25, 0.3) is 0 Å². The van der Waals surface area contributed by atoms with Crippen LogP contribution in [0.2, 0.25) is 0 Å². The van der Waals surface area contributed by atoms with Crippen molar-refractivity contribution in [2.75, 3.05) is 157 Å². The molecule has 0 aromatic heterocycles. The van der Waals surface area contributed by atoms with Gasteiger partial charge in [-0.25, -0.2) is 4.79 Å². The Hall–Kier alpha value is -3.22. The summed E-state index contributed by atoms with van der Waals surface area (Å²) in [7, 11) is 0. The van der Waals surface area contributed by atoms with Crippen molar-refractivity contribution < 1.29 is 66.4 Å². The zero-order valence-corrected chi connectivity index (χ0v) is 32.6. The van der Waals surface area contributed by atoms with Crippen LogP contribution in [0.3, 0.4) is 0 Å². The van der Waals surface area contributed by atoms with Crippen molar-refractivity contribution in [1.82, 2.24) is 0 Å². The number of anilines is 1. The van der Waals surface area contributed by atoms with Crippen molar-refractivity contribution in [3.8, 4) is 5.75 Å². The molecule has 0 spiro atoms. The van der Waals surface area contributed by atoms with E-state index in [4.69, 9.17) is 56.8 Å². The highest BCUT2D eigenvalue weighted by atomic mass is 16.6. The van der Waals surface area contributed by atoms with Crippen LogP contribution in [0.15, 0.2) is 48.5 Å². The minimum atomic E-state index is -0.365. The predicted molar refractivity (Wildman–Crippen MR) is 206 cm³/mol. The van der Waals surface area contributed by atoms with Gasteiger partial charge in [-0.3, -0.25) is 4.79 Å². The highest BCUT2D eigenvalue weighted by Gasteiger charge is 2.07. The third kappa shape index (κ3) is 28.8. The second kappa shape index (κ2) is 36.4. The number of hydrogen-bond acceptors (Lipinski definition) is 15. The number of ether oxygens (including phenoxy) is 12. The van der Waals surface area contributed by atoms with E-state index in [2.05, 4.69) is 12.2 Å². The Labute approximate surface area is 326 Å². The average Bonchev–Trinajstić information content (AvgIpc) is 3.21. The van der Waals surface area contributed by atoms with Crippen LogP contribution in [0.5, 0.6) is 5.75 Å². The Morgan fingerprint density at radius 1 is 0.491 bits per heavy atom. The molecule has 0 aliphatic rings. The number of benzene rings is 2. The summed E-state index contributed by atoms with van der Waals surface area (Å²) in [4.78, 5) is 22.8. The molecule has 0 aliphatic heterocycles. The van der Waals surface area contributed by atoms with Gasteiger partial charge in [0.15, 0.2) is 0 Å². The van der Waals surface area contributed by atoms with E-state index in [9.17, 15) is 9.59 Å². The maximum Gasteiger partial charge on any atom is 0.338 e. The Kier molecular flexibility index (Phi) is 31.7. The van der Waals surface area contributed by atoms with E-state index in [0.717, 1.165) is 31.4 Å². The molecule has 2 aromatic rings. The molecule has 0 amide bonds. The molecule has 0 fully saturated rings. The molecule has 55 heavy (non-hydrogen) atoms. The molecule has 0 atom stereocenters. The van der Waals surface area contributed by atoms with E-state index in [-0.39, 0.29) is 12.6 Å². The van der Waals surface area contributed by atoms with Gasteiger partial charge in [-0.05, 0) is 55.0 Å². The van der Waals surface area contributed by atoms with E-state index < -0.39 is 0 Å². The van der Waals surface area contributed by atoms with Gasteiger partial charge < -0.3 is 62.2 Å². The topological polar surface area (TPSA) is 157 Å². The van der Waals surface area contributed by atoms with Crippen LogP contribution in [0.25, 0.3) is 0 Å². The van der Waals surface area contributed by atoms with Crippen LogP contribution >= 0.6 is 0 Å². The quantitative estimate of drug-likeness (QED) is 0.0585. The highest BCUT2D eigenvalue weighted by Crippen LogP contribution is 2.12. The normalized spacial score (nSPS) is 11.1. The molecule has 0 saturated heterocycles. The molecule has 0 saturated carbocycles. The first-order valence-electron chi connectivity index (χ1n) is 19.2. The Bertz CT molecular complexity index is 1160. The fourth-order valence-electron chi connectivity index (χ4n) is 4.35. The minimum Gasteiger partial charge on any atom is -0.491 e. The van der Waals surface area contributed by atoms with Gasteiger partial charge >= 0.3 is 5.97 Å². The highest BCUT2D eigenvalue weighted by molar-refractivity contribution is 5.89. The van der Waals surface area contributed by atoms with Gasteiger partial charge in [0.1, 0.15) is 25.2 Å².